The number of rotatable bonds is 4. The van der Waals surface area contributed by atoms with Gasteiger partial charge in [0, 0.05) is 18.0 Å². The molecular weight excluding hydrogens is 380 g/mol. The lowest BCUT2D eigenvalue weighted by Gasteiger charge is -2.16. The third-order valence-electron chi connectivity index (χ3n) is 4.41. The first-order chi connectivity index (χ1) is 14.1. The molecule has 1 aliphatic rings. The minimum Gasteiger partial charge on any atom is -0.394 e. The van der Waals surface area contributed by atoms with E-state index in [1.54, 1.807) is 24.5 Å². The average molecular weight is 398 g/mol. The van der Waals surface area contributed by atoms with E-state index in [9.17, 15) is 15.3 Å². The first-order valence-corrected chi connectivity index (χ1v) is 8.70. The highest BCUT2D eigenvalue weighted by Crippen LogP contribution is 2.32. The van der Waals surface area contributed by atoms with Crippen molar-refractivity contribution in [1.29, 1.82) is 0 Å². The number of aromatic nitrogens is 5. The third kappa shape index (κ3) is 3.63. The highest BCUT2D eigenvalue weighted by atomic mass is 16.6. The van der Waals surface area contributed by atoms with Crippen molar-refractivity contribution in [3.63, 3.8) is 0 Å². The van der Waals surface area contributed by atoms with E-state index in [1.807, 2.05) is 0 Å². The molecule has 4 N–H and O–H groups in total. The van der Waals surface area contributed by atoms with Crippen LogP contribution < -0.4 is 5.48 Å². The number of aliphatic hydroxyl groups excluding tert-OH is 3. The van der Waals surface area contributed by atoms with Crippen molar-refractivity contribution in [1.82, 2.24) is 24.5 Å². The second-order valence-corrected chi connectivity index (χ2v) is 6.24. The van der Waals surface area contributed by atoms with Gasteiger partial charge in [0.25, 0.3) is 0 Å². The van der Waals surface area contributed by atoms with Gasteiger partial charge in [0.05, 0.1) is 20.0 Å². The van der Waals surface area contributed by atoms with Crippen molar-refractivity contribution >= 4 is 17.0 Å². The molecule has 4 atom stereocenters. The van der Waals surface area contributed by atoms with Crippen LogP contribution in [0.2, 0.25) is 0 Å². The van der Waals surface area contributed by atoms with Gasteiger partial charge in [0.2, 0.25) is 5.82 Å². The van der Waals surface area contributed by atoms with Crippen LogP contribution in [0.3, 0.4) is 0 Å². The van der Waals surface area contributed by atoms with E-state index < -0.39 is 31.1 Å². The number of pyridine rings is 1. The van der Waals surface area contributed by atoms with Gasteiger partial charge < -0.3 is 20.1 Å². The van der Waals surface area contributed by atoms with Crippen LogP contribution in [-0.4, -0.2) is 71.9 Å². The second kappa shape index (κ2) is 8.08. The van der Waals surface area contributed by atoms with Crippen LogP contribution in [0, 0.1) is 11.8 Å². The Morgan fingerprint density at radius 1 is 1.21 bits per heavy atom. The lowest BCUT2D eigenvalue weighted by molar-refractivity contribution is -0.0511. The molecule has 0 radical (unpaired) electrons. The monoisotopic (exact) mass is 398 g/mol. The summed E-state index contributed by atoms with van der Waals surface area (Å²) in [5, 5.41) is 29.7. The summed E-state index contributed by atoms with van der Waals surface area (Å²) in [4.78, 5) is 21.9. The fourth-order valence-electron chi connectivity index (χ4n) is 3.00. The minimum atomic E-state index is -1.27. The summed E-state index contributed by atoms with van der Waals surface area (Å²) < 4.78 is 7.03. The Labute approximate surface area is 164 Å². The molecule has 0 aromatic carbocycles. The summed E-state index contributed by atoms with van der Waals surface area (Å²) in [7, 11) is 1.43. The van der Waals surface area contributed by atoms with Crippen LogP contribution >= 0.6 is 0 Å². The van der Waals surface area contributed by atoms with E-state index in [2.05, 4.69) is 37.3 Å². The zero-order valence-corrected chi connectivity index (χ0v) is 15.3. The molecule has 11 nitrogen and oxygen atoms in total. The Balaban J connectivity index is 1.78. The Bertz CT molecular complexity index is 1060. The molecule has 4 rings (SSSR count). The maximum Gasteiger partial charge on any atom is 0.209 e. The minimum absolute atomic E-state index is 0.183. The normalized spacial score (nSPS) is 23.7. The van der Waals surface area contributed by atoms with Gasteiger partial charge in [-0.3, -0.25) is 14.4 Å². The Hall–Kier alpha value is -3.14. The van der Waals surface area contributed by atoms with Gasteiger partial charge in [0.1, 0.15) is 18.3 Å². The number of fused-ring (bicyclic) bond motifs is 1. The molecule has 4 heterocycles. The van der Waals surface area contributed by atoms with E-state index in [1.165, 1.54) is 18.0 Å². The molecule has 1 saturated heterocycles. The van der Waals surface area contributed by atoms with Crippen LogP contribution in [0.15, 0.2) is 30.9 Å². The van der Waals surface area contributed by atoms with E-state index in [-0.39, 0.29) is 11.6 Å². The molecule has 0 amide bonds. The topological polar surface area (TPSA) is 148 Å². The first kappa shape index (κ1) is 19.2. The van der Waals surface area contributed by atoms with Crippen molar-refractivity contribution in [3.8, 4) is 11.8 Å². The molecule has 0 spiro atoms. The fraction of sp³-hybridized carbons (Fsp3) is 0.333. The van der Waals surface area contributed by atoms with Gasteiger partial charge in [-0.2, -0.15) is 4.98 Å². The largest absolute Gasteiger partial charge is 0.394 e. The second-order valence-electron chi connectivity index (χ2n) is 6.24. The summed E-state index contributed by atoms with van der Waals surface area (Å²) in [6.45, 7) is -0.435. The summed E-state index contributed by atoms with van der Waals surface area (Å²) in [6.07, 6.45) is 0.235. The molecule has 0 bridgehead atoms. The predicted molar refractivity (Wildman–Crippen MR) is 99.2 cm³/mol. The molecular formula is C18H18N6O5. The Kier molecular flexibility index (Phi) is 5.34. The van der Waals surface area contributed by atoms with E-state index in [0.29, 0.717) is 11.2 Å². The molecule has 1 aliphatic heterocycles. The molecule has 0 unspecified atom stereocenters. The number of nitrogens with zero attached hydrogens (tertiary/aromatic N) is 5. The zero-order valence-electron chi connectivity index (χ0n) is 15.3. The third-order valence-corrected chi connectivity index (χ3v) is 4.41. The molecule has 3 aromatic heterocycles. The average Bonchev–Trinajstić information content (AvgIpc) is 3.29. The van der Waals surface area contributed by atoms with Gasteiger partial charge >= 0.3 is 0 Å². The summed E-state index contributed by atoms with van der Waals surface area (Å²) >= 11 is 0. The maximum atomic E-state index is 10.3. The molecule has 29 heavy (non-hydrogen) atoms. The lowest BCUT2D eigenvalue weighted by Crippen LogP contribution is -2.33. The SMILES string of the molecule is CONc1nc(C#Cc2ccncc2)nc2c1ncn2[C@@H]1O[C@H](CO)[C@@H](O)[C@H]1O. The van der Waals surface area contributed by atoms with Crippen molar-refractivity contribution in [2.45, 2.75) is 24.5 Å². The number of anilines is 1. The molecule has 3 aromatic rings. The number of hydrogen-bond donors (Lipinski definition) is 4. The van der Waals surface area contributed by atoms with E-state index in [0.717, 1.165) is 5.56 Å². The van der Waals surface area contributed by atoms with Gasteiger partial charge in [-0.25, -0.2) is 15.4 Å². The fourth-order valence-corrected chi connectivity index (χ4v) is 3.00. The Morgan fingerprint density at radius 2 is 2.00 bits per heavy atom. The van der Waals surface area contributed by atoms with Crippen LogP contribution in [0.4, 0.5) is 5.82 Å². The first-order valence-electron chi connectivity index (χ1n) is 8.70. The van der Waals surface area contributed by atoms with Gasteiger partial charge in [-0.15, -0.1) is 0 Å². The quantitative estimate of drug-likeness (QED) is 0.325. The van der Waals surface area contributed by atoms with Gasteiger partial charge in [-0.05, 0) is 18.1 Å². The molecule has 11 heteroatoms. The number of nitrogens with one attached hydrogen (secondary N) is 1. The van der Waals surface area contributed by atoms with Crippen LogP contribution in [0.5, 0.6) is 0 Å². The van der Waals surface area contributed by atoms with Gasteiger partial charge in [0.15, 0.2) is 23.2 Å². The number of imidazole rings is 1. The summed E-state index contributed by atoms with van der Waals surface area (Å²) in [5.41, 5.74) is 4.05. The smallest absolute Gasteiger partial charge is 0.209 e. The van der Waals surface area contributed by atoms with Crippen LogP contribution in [0.1, 0.15) is 17.6 Å². The van der Waals surface area contributed by atoms with Gasteiger partial charge in [-0.1, -0.05) is 5.92 Å². The highest BCUT2D eigenvalue weighted by molar-refractivity contribution is 5.83. The summed E-state index contributed by atoms with van der Waals surface area (Å²) in [5.74, 6) is 6.27. The highest BCUT2D eigenvalue weighted by Gasteiger charge is 2.44. The van der Waals surface area contributed by atoms with E-state index >= 15 is 0 Å². The zero-order chi connectivity index (χ0) is 20.4. The maximum absolute atomic E-state index is 10.3. The van der Waals surface area contributed by atoms with Crippen LogP contribution in [0.25, 0.3) is 11.2 Å². The predicted octanol–water partition coefficient (Wildman–Crippen LogP) is -0.794. The molecule has 0 saturated carbocycles. The van der Waals surface area contributed by atoms with Crippen molar-refractivity contribution < 1.29 is 24.9 Å². The number of ether oxygens (including phenoxy) is 1. The standard InChI is InChI=1S/C18H18N6O5/c1-28-23-16-13-17(22-12(21-16)3-2-10-4-6-19-7-5-10)24(9-20-13)18-15(27)14(26)11(8-25)29-18/h4-7,9,11,14-15,18,25-27H,8H2,1H3,(H,21,22,23)/t11-,14-,15-,18-/m1/s1. The van der Waals surface area contributed by atoms with Crippen LogP contribution in [-0.2, 0) is 9.57 Å². The summed E-state index contributed by atoms with van der Waals surface area (Å²) in [6, 6.07) is 3.51. The Morgan fingerprint density at radius 3 is 2.69 bits per heavy atom. The lowest BCUT2D eigenvalue weighted by atomic mass is 10.1. The molecule has 0 aliphatic carbocycles. The molecule has 150 valence electrons. The number of aliphatic hydroxyl groups is 3. The van der Waals surface area contributed by atoms with Crippen molar-refractivity contribution in [2.75, 3.05) is 19.2 Å². The van der Waals surface area contributed by atoms with E-state index in [4.69, 9.17) is 9.57 Å². The van der Waals surface area contributed by atoms with Crippen molar-refractivity contribution in [3.05, 3.63) is 42.2 Å². The van der Waals surface area contributed by atoms with Crippen molar-refractivity contribution in [2.24, 2.45) is 0 Å². The molecule has 1 fully saturated rings. The number of hydrogen-bond acceptors (Lipinski definition) is 10.